The molecule has 0 aliphatic heterocycles. The highest BCUT2D eigenvalue weighted by Crippen LogP contribution is 2.25. The first-order valence-corrected chi connectivity index (χ1v) is 7.64. The highest BCUT2D eigenvalue weighted by atomic mass is 35.5. The van der Waals surface area contributed by atoms with Crippen molar-refractivity contribution in [3.8, 4) is 0 Å². The Kier molecular flexibility index (Phi) is 5.01. The number of nitrogens with two attached hydrogens (primary N) is 1. The Morgan fingerprint density at radius 3 is 2.62 bits per heavy atom. The van der Waals surface area contributed by atoms with Gasteiger partial charge in [-0.1, -0.05) is 37.6 Å². The molecule has 1 unspecified atom stereocenters. The quantitative estimate of drug-likeness (QED) is 0.911. The first kappa shape index (κ1) is 16.0. The molecular weight excluding hydrogens is 289 g/mol. The van der Waals surface area contributed by atoms with E-state index in [1.807, 2.05) is 17.7 Å². The average molecular weight is 310 g/mol. The number of aryl methyl sites for hydroxylation is 1. The van der Waals surface area contributed by atoms with Gasteiger partial charge in [0.25, 0.3) is 0 Å². The van der Waals surface area contributed by atoms with Crippen LogP contribution in [-0.2, 0) is 19.4 Å². The van der Waals surface area contributed by atoms with Crippen molar-refractivity contribution in [1.29, 1.82) is 0 Å². The molecule has 5 heteroatoms. The summed E-state index contributed by atoms with van der Waals surface area (Å²) >= 11 is 6.04. The van der Waals surface area contributed by atoms with E-state index in [9.17, 15) is 4.39 Å². The number of aromatic nitrogens is 2. The summed E-state index contributed by atoms with van der Waals surface area (Å²) < 4.78 is 15.5. The minimum Gasteiger partial charge on any atom is -0.324 e. The average Bonchev–Trinajstić information content (AvgIpc) is 2.81. The zero-order valence-electron chi connectivity index (χ0n) is 12.7. The first-order chi connectivity index (χ1) is 9.99. The number of nitrogens with zero attached hydrogens (tertiary/aromatic N) is 2. The number of hydrogen-bond acceptors (Lipinski definition) is 2. The molecule has 114 valence electrons. The predicted octanol–water partition coefficient (Wildman–Crippen LogP) is 3.87. The zero-order chi connectivity index (χ0) is 15.6. The molecule has 2 rings (SSSR count). The van der Waals surface area contributed by atoms with Crippen LogP contribution in [-0.4, -0.2) is 9.78 Å². The molecule has 0 amide bonds. The molecule has 0 aliphatic carbocycles. The van der Waals surface area contributed by atoms with Crippen molar-refractivity contribution in [2.45, 2.75) is 46.2 Å². The summed E-state index contributed by atoms with van der Waals surface area (Å²) in [6, 6.07) is 4.79. The van der Waals surface area contributed by atoms with Crippen molar-refractivity contribution in [3.05, 3.63) is 51.6 Å². The fourth-order valence-electron chi connectivity index (χ4n) is 2.69. The van der Waals surface area contributed by atoms with Gasteiger partial charge in [0.2, 0.25) is 0 Å². The third kappa shape index (κ3) is 3.11. The van der Waals surface area contributed by atoms with Crippen LogP contribution in [0.5, 0.6) is 0 Å². The van der Waals surface area contributed by atoms with Crippen LogP contribution in [0.15, 0.2) is 18.2 Å². The van der Waals surface area contributed by atoms with Crippen LogP contribution in [0.25, 0.3) is 0 Å². The summed E-state index contributed by atoms with van der Waals surface area (Å²) in [5.41, 5.74) is 10.0. The number of rotatable bonds is 5. The molecule has 0 aliphatic rings. The second kappa shape index (κ2) is 6.58. The normalized spacial score (nSPS) is 12.7. The topological polar surface area (TPSA) is 43.8 Å². The highest BCUT2D eigenvalue weighted by Gasteiger charge is 2.19. The van der Waals surface area contributed by atoms with E-state index < -0.39 is 5.82 Å². The smallest absolute Gasteiger partial charge is 0.142 e. The second-order valence-corrected chi connectivity index (χ2v) is 5.55. The van der Waals surface area contributed by atoms with Gasteiger partial charge in [0, 0.05) is 17.3 Å². The lowest BCUT2D eigenvalue weighted by molar-refractivity contribution is 0.611. The van der Waals surface area contributed by atoms with Crippen molar-refractivity contribution in [3.63, 3.8) is 0 Å². The van der Waals surface area contributed by atoms with Crippen molar-refractivity contribution >= 4 is 11.6 Å². The molecule has 0 bridgehead atoms. The van der Waals surface area contributed by atoms with Gasteiger partial charge in [-0.3, -0.25) is 4.68 Å². The third-order valence-corrected chi connectivity index (χ3v) is 4.07. The highest BCUT2D eigenvalue weighted by molar-refractivity contribution is 6.31. The van der Waals surface area contributed by atoms with E-state index in [0.717, 1.165) is 35.4 Å². The maximum absolute atomic E-state index is 13.6. The summed E-state index contributed by atoms with van der Waals surface area (Å²) in [5, 5.41) is 4.80. The van der Waals surface area contributed by atoms with Gasteiger partial charge >= 0.3 is 0 Å². The molecule has 2 N–H and O–H groups in total. The molecule has 0 spiro atoms. The largest absolute Gasteiger partial charge is 0.324 e. The van der Waals surface area contributed by atoms with Crippen LogP contribution in [0, 0.1) is 5.82 Å². The van der Waals surface area contributed by atoms with Gasteiger partial charge < -0.3 is 5.73 Å². The van der Waals surface area contributed by atoms with Gasteiger partial charge in [0.1, 0.15) is 5.82 Å². The number of halogens is 2. The molecule has 1 heterocycles. The molecule has 0 saturated carbocycles. The minimum absolute atomic E-state index is 0.0633. The monoisotopic (exact) mass is 309 g/mol. The molecule has 21 heavy (non-hydrogen) atoms. The van der Waals surface area contributed by atoms with Gasteiger partial charge in [-0.05, 0) is 31.4 Å². The van der Waals surface area contributed by atoms with E-state index in [2.05, 4.69) is 18.9 Å². The lowest BCUT2D eigenvalue weighted by Crippen LogP contribution is -2.11. The Labute approximate surface area is 129 Å². The maximum atomic E-state index is 13.6. The molecule has 0 saturated heterocycles. The minimum atomic E-state index is -0.400. The fraction of sp³-hybridized carbons (Fsp3) is 0.438. The molecule has 0 fully saturated rings. The number of hydrogen-bond donors (Lipinski definition) is 1. The van der Waals surface area contributed by atoms with Crippen LogP contribution in [0.3, 0.4) is 0 Å². The van der Waals surface area contributed by atoms with E-state index >= 15 is 0 Å². The molecule has 1 aromatic heterocycles. The summed E-state index contributed by atoms with van der Waals surface area (Å²) in [4.78, 5) is 0. The van der Waals surface area contributed by atoms with Gasteiger partial charge in [-0.2, -0.15) is 5.10 Å². The summed E-state index contributed by atoms with van der Waals surface area (Å²) in [7, 11) is 0. The van der Waals surface area contributed by atoms with Gasteiger partial charge in [-0.25, -0.2) is 4.39 Å². The Balaban J connectivity index is 2.47. The van der Waals surface area contributed by atoms with Crippen LogP contribution in [0.4, 0.5) is 4.39 Å². The van der Waals surface area contributed by atoms with E-state index in [-0.39, 0.29) is 11.1 Å². The van der Waals surface area contributed by atoms with Crippen LogP contribution in [0.1, 0.15) is 49.3 Å². The maximum Gasteiger partial charge on any atom is 0.142 e. The molecule has 0 radical (unpaired) electrons. The second-order valence-electron chi connectivity index (χ2n) is 5.17. The number of benzene rings is 1. The molecule has 3 nitrogen and oxygen atoms in total. The lowest BCUT2D eigenvalue weighted by atomic mass is 10.0. The fourth-order valence-corrected chi connectivity index (χ4v) is 2.87. The molecule has 2 aromatic rings. The lowest BCUT2D eigenvalue weighted by Gasteiger charge is -2.11. The predicted molar refractivity (Wildman–Crippen MR) is 84.1 cm³/mol. The summed E-state index contributed by atoms with van der Waals surface area (Å²) in [6.45, 7) is 6.56. The van der Waals surface area contributed by atoms with Crippen LogP contribution >= 0.6 is 11.6 Å². The zero-order valence-corrected chi connectivity index (χ0v) is 13.4. The summed E-state index contributed by atoms with van der Waals surface area (Å²) in [5.74, 6) is -0.400. The van der Waals surface area contributed by atoms with Crippen molar-refractivity contribution in [2.75, 3.05) is 0 Å². The van der Waals surface area contributed by atoms with E-state index in [0.29, 0.717) is 6.54 Å². The van der Waals surface area contributed by atoms with E-state index in [1.165, 1.54) is 6.07 Å². The third-order valence-electron chi connectivity index (χ3n) is 3.65. The molecule has 1 aromatic carbocycles. The Morgan fingerprint density at radius 1 is 1.33 bits per heavy atom. The van der Waals surface area contributed by atoms with Crippen LogP contribution < -0.4 is 5.73 Å². The SMILES string of the molecule is CCc1nn(Cc2cccc(F)c2Cl)c(CC)c1C(C)N. The summed E-state index contributed by atoms with van der Waals surface area (Å²) in [6.07, 6.45) is 1.66. The Morgan fingerprint density at radius 2 is 2.05 bits per heavy atom. The molecular formula is C16H21ClFN3. The van der Waals surface area contributed by atoms with Crippen molar-refractivity contribution < 1.29 is 4.39 Å². The van der Waals surface area contributed by atoms with Crippen molar-refractivity contribution in [2.24, 2.45) is 5.73 Å². The van der Waals surface area contributed by atoms with Crippen molar-refractivity contribution in [1.82, 2.24) is 9.78 Å². The van der Waals surface area contributed by atoms with Gasteiger partial charge in [0.05, 0.1) is 17.3 Å². The van der Waals surface area contributed by atoms with Gasteiger partial charge in [0.15, 0.2) is 0 Å². The Hall–Kier alpha value is -1.39. The molecule has 1 atom stereocenters. The van der Waals surface area contributed by atoms with E-state index in [4.69, 9.17) is 17.3 Å². The first-order valence-electron chi connectivity index (χ1n) is 7.26. The van der Waals surface area contributed by atoms with E-state index in [1.54, 1.807) is 6.07 Å². The standard InChI is InChI=1S/C16H21ClFN3/c1-4-13-15(10(3)19)14(5-2)21(20-13)9-11-7-6-8-12(18)16(11)17/h6-8,10H,4-5,9,19H2,1-3H3. The Bertz CT molecular complexity index is 635. The van der Waals surface area contributed by atoms with Crippen LogP contribution in [0.2, 0.25) is 5.02 Å². The van der Waals surface area contributed by atoms with Gasteiger partial charge in [-0.15, -0.1) is 0 Å².